The molecule has 6 nitrogen and oxygen atoms in total. The number of ether oxygens (including phenoxy) is 1. The van der Waals surface area contributed by atoms with E-state index in [0.29, 0.717) is 36.5 Å². The molecule has 0 radical (unpaired) electrons. The maximum Gasteiger partial charge on any atom is 0.242 e. The Kier molecular flexibility index (Phi) is 4.42. The van der Waals surface area contributed by atoms with Crippen molar-refractivity contribution in [2.75, 3.05) is 30.3 Å². The Balaban J connectivity index is 2.16. The van der Waals surface area contributed by atoms with Crippen LogP contribution < -0.4 is 15.4 Å². The lowest BCUT2D eigenvalue weighted by Gasteiger charge is -2.35. The van der Waals surface area contributed by atoms with Gasteiger partial charge in [0.15, 0.2) is 5.82 Å². The van der Waals surface area contributed by atoms with Crippen molar-refractivity contribution in [3.05, 3.63) is 6.33 Å². The molecule has 1 aromatic rings. The number of hydrogen-bond donors (Lipinski definition) is 2. The zero-order chi connectivity index (χ0) is 13.8. The Labute approximate surface area is 113 Å². The summed E-state index contributed by atoms with van der Waals surface area (Å²) >= 11 is 0. The minimum Gasteiger partial charge on any atom is -0.476 e. The Morgan fingerprint density at radius 1 is 1.53 bits per heavy atom. The van der Waals surface area contributed by atoms with Crippen LogP contribution in [0.2, 0.25) is 0 Å². The zero-order valence-electron chi connectivity index (χ0n) is 11.5. The lowest BCUT2D eigenvalue weighted by Crippen LogP contribution is -2.43. The number of nitrogens with zero attached hydrogens (tertiary/aromatic N) is 3. The molecule has 3 N–H and O–H groups in total. The second-order valence-corrected chi connectivity index (χ2v) is 5.04. The van der Waals surface area contributed by atoms with E-state index in [1.54, 1.807) is 0 Å². The fraction of sp³-hybridized carbons (Fsp3) is 0.692. The molecule has 0 spiro atoms. The third-order valence-electron chi connectivity index (χ3n) is 3.49. The predicted molar refractivity (Wildman–Crippen MR) is 74.2 cm³/mol. The van der Waals surface area contributed by atoms with Crippen LogP contribution in [0, 0.1) is 5.92 Å². The fourth-order valence-corrected chi connectivity index (χ4v) is 2.18. The quantitative estimate of drug-likeness (QED) is 0.847. The van der Waals surface area contributed by atoms with E-state index < -0.39 is 0 Å². The summed E-state index contributed by atoms with van der Waals surface area (Å²) in [5.74, 6) is 1.40. The van der Waals surface area contributed by atoms with Crippen molar-refractivity contribution in [3.63, 3.8) is 0 Å². The Hall–Kier alpha value is -1.56. The summed E-state index contributed by atoms with van der Waals surface area (Å²) in [6.45, 7) is 6.06. The monoisotopic (exact) mass is 266 g/mol. The number of rotatable bonds is 4. The Morgan fingerprint density at radius 3 is 3.00 bits per heavy atom. The van der Waals surface area contributed by atoms with Gasteiger partial charge in [0.25, 0.3) is 0 Å². The minimum absolute atomic E-state index is 0.315. The normalized spacial score (nSPS) is 23.4. The average Bonchev–Trinajstić information content (AvgIpc) is 2.41. The molecule has 6 heteroatoms. The van der Waals surface area contributed by atoms with Crippen LogP contribution >= 0.6 is 0 Å². The lowest BCUT2D eigenvalue weighted by molar-refractivity contribution is 0.102. The first kappa shape index (κ1) is 13.9. The van der Waals surface area contributed by atoms with Crippen LogP contribution in [0.1, 0.15) is 26.7 Å². The van der Waals surface area contributed by atoms with Crippen LogP contribution in [0.25, 0.3) is 0 Å². The van der Waals surface area contributed by atoms with E-state index in [2.05, 4.69) is 16.9 Å². The molecule has 2 rings (SSSR count). The molecule has 2 unspecified atom stereocenters. The fourth-order valence-electron chi connectivity index (χ4n) is 2.18. The second-order valence-electron chi connectivity index (χ2n) is 5.04. The van der Waals surface area contributed by atoms with E-state index in [0.717, 1.165) is 19.4 Å². The molecule has 0 aliphatic carbocycles. The molecule has 1 aliphatic rings. The number of aliphatic hydroxyl groups is 1. The van der Waals surface area contributed by atoms with Gasteiger partial charge in [-0.1, -0.05) is 13.8 Å². The van der Waals surface area contributed by atoms with Crippen LogP contribution in [-0.2, 0) is 0 Å². The van der Waals surface area contributed by atoms with Crippen molar-refractivity contribution in [2.24, 2.45) is 5.92 Å². The van der Waals surface area contributed by atoms with Crippen molar-refractivity contribution in [1.82, 2.24) is 9.97 Å². The minimum atomic E-state index is -0.344. The van der Waals surface area contributed by atoms with Gasteiger partial charge in [0.1, 0.15) is 12.0 Å². The van der Waals surface area contributed by atoms with Crippen LogP contribution in [0.5, 0.6) is 5.88 Å². The molecule has 2 heterocycles. The van der Waals surface area contributed by atoms with Crippen molar-refractivity contribution in [1.29, 1.82) is 0 Å². The first-order valence-corrected chi connectivity index (χ1v) is 6.79. The molecule has 0 aromatic carbocycles. The third kappa shape index (κ3) is 3.07. The molecule has 19 heavy (non-hydrogen) atoms. The first-order chi connectivity index (χ1) is 9.13. The summed E-state index contributed by atoms with van der Waals surface area (Å²) in [5, 5.41) is 9.95. The zero-order valence-corrected chi connectivity index (χ0v) is 11.5. The summed E-state index contributed by atoms with van der Waals surface area (Å²) in [7, 11) is 0. The van der Waals surface area contributed by atoms with E-state index in [4.69, 9.17) is 10.5 Å². The highest BCUT2D eigenvalue weighted by molar-refractivity contribution is 5.67. The van der Waals surface area contributed by atoms with E-state index in [-0.39, 0.29) is 6.10 Å². The number of aromatic nitrogens is 2. The van der Waals surface area contributed by atoms with Gasteiger partial charge in [0.2, 0.25) is 5.88 Å². The molecule has 1 aromatic heterocycles. The molecule has 0 saturated carbocycles. The van der Waals surface area contributed by atoms with Gasteiger partial charge in [0.05, 0.1) is 12.7 Å². The van der Waals surface area contributed by atoms with Gasteiger partial charge in [-0.15, -0.1) is 0 Å². The summed E-state index contributed by atoms with van der Waals surface area (Å²) < 4.78 is 5.50. The second kappa shape index (κ2) is 6.06. The molecule has 0 amide bonds. The number of piperidine rings is 1. The summed E-state index contributed by atoms with van der Waals surface area (Å²) in [4.78, 5) is 10.3. The average molecular weight is 266 g/mol. The highest BCUT2D eigenvalue weighted by Crippen LogP contribution is 2.30. The summed E-state index contributed by atoms with van der Waals surface area (Å²) in [6.07, 6.45) is 2.94. The van der Waals surface area contributed by atoms with Crippen LogP contribution in [-0.4, -0.2) is 40.9 Å². The number of nitrogens with two attached hydrogens (primary N) is 1. The van der Waals surface area contributed by atoms with Gasteiger partial charge in [-0.2, -0.15) is 4.98 Å². The number of nitrogen functional groups attached to an aromatic ring is 1. The van der Waals surface area contributed by atoms with Crippen LogP contribution in [0.4, 0.5) is 11.5 Å². The van der Waals surface area contributed by atoms with Gasteiger partial charge in [-0.3, -0.25) is 0 Å². The van der Waals surface area contributed by atoms with Crippen molar-refractivity contribution in [3.8, 4) is 5.88 Å². The standard InChI is InChI=1S/C13H22N4O2/c1-3-6-19-13-11(14)12(15-8-16-13)17-5-4-9(2)10(18)7-17/h8-10,18H,3-7,14H2,1-2H3. The molecular formula is C13H22N4O2. The van der Waals surface area contributed by atoms with Crippen LogP contribution in [0.15, 0.2) is 6.33 Å². The molecular weight excluding hydrogens is 244 g/mol. The number of β-amino-alcohol motifs (C(OH)–C–C–N with tert-alkyl or cyclic N) is 1. The maximum atomic E-state index is 9.95. The molecule has 2 atom stereocenters. The number of anilines is 2. The van der Waals surface area contributed by atoms with Gasteiger partial charge in [0, 0.05) is 13.1 Å². The molecule has 1 saturated heterocycles. The van der Waals surface area contributed by atoms with E-state index in [9.17, 15) is 5.11 Å². The topological polar surface area (TPSA) is 84.5 Å². The van der Waals surface area contributed by atoms with Crippen molar-refractivity contribution >= 4 is 11.5 Å². The molecule has 1 fully saturated rings. The lowest BCUT2D eigenvalue weighted by atomic mass is 9.96. The summed E-state index contributed by atoms with van der Waals surface area (Å²) in [5.41, 5.74) is 6.52. The molecule has 0 bridgehead atoms. The van der Waals surface area contributed by atoms with Gasteiger partial charge >= 0.3 is 0 Å². The number of hydrogen-bond acceptors (Lipinski definition) is 6. The maximum absolute atomic E-state index is 9.95. The Morgan fingerprint density at radius 2 is 2.32 bits per heavy atom. The van der Waals surface area contributed by atoms with Crippen LogP contribution in [0.3, 0.4) is 0 Å². The van der Waals surface area contributed by atoms with E-state index in [1.165, 1.54) is 6.33 Å². The molecule has 1 aliphatic heterocycles. The third-order valence-corrected chi connectivity index (χ3v) is 3.49. The van der Waals surface area contributed by atoms with E-state index >= 15 is 0 Å². The van der Waals surface area contributed by atoms with Gasteiger partial charge in [-0.05, 0) is 18.8 Å². The van der Waals surface area contributed by atoms with Crippen molar-refractivity contribution < 1.29 is 9.84 Å². The highest BCUT2D eigenvalue weighted by atomic mass is 16.5. The number of aliphatic hydroxyl groups excluding tert-OH is 1. The smallest absolute Gasteiger partial charge is 0.242 e. The Bertz CT molecular complexity index is 427. The van der Waals surface area contributed by atoms with Crippen molar-refractivity contribution in [2.45, 2.75) is 32.8 Å². The molecule has 106 valence electrons. The van der Waals surface area contributed by atoms with Gasteiger partial charge < -0.3 is 20.5 Å². The summed E-state index contributed by atoms with van der Waals surface area (Å²) in [6, 6.07) is 0. The largest absolute Gasteiger partial charge is 0.476 e. The first-order valence-electron chi connectivity index (χ1n) is 6.79. The SMILES string of the molecule is CCCOc1ncnc(N2CCC(C)C(O)C2)c1N. The highest BCUT2D eigenvalue weighted by Gasteiger charge is 2.27. The van der Waals surface area contributed by atoms with E-state index in [1.807, 2.05) is 11.8 Å². The predicted octanol–water partition coefficient (Wildman–Crippen LogP) is 1.05. The van der Waals surface area contributed by atoms with Gasteiger partial charge in [-0.25, -0.2) is 4.98 Å².